The summed E-state index contributed by atoms with van der Waals surface area (Å²) in [7, 11) is -0.630. The molecule has 1 heterocycles. The largest absolute Gasteiger partial charge is 0.495 e. The van der Waals surface area contributed by atoms with Crippen LogP contribution < -0.4 is 5.46 Å². The summed E-state index contributed by atoms with van der Waals surface area (Å²) >= 11 is 0. The minimum Gasteiger partial charge on any atom is -0.481 e. The number of rotatable bonds is 5. The summed E-state index contributed by atoms with van der Waals surface area (Å²) in [5.41, 5.74) is 0.128. The summed E-state index contributed by atoms with van der Waals surface area (Å²) < 4.78 is 12.0. The van der Waals surface area contributed by atoms with Gasteiger partial charge in [0.1, 0.15) is 0 Å². The highest BCUT2D eigenvalue weighted by atomic mass is 16.7. The molecule has 2 rings (SSSR count). The smallest absolute Gasteiger partial charge is 0.481 e. The topological polar surface area (TPSA) is 72.8 Å². The summed E-state index contributed by atoms with van der Waals surface area (Å²) in [6.07, 6.45) is -0.220. The molecule has 1 aromatic rings. The van der Waals surface area contributed by atoms with Crippen molar-refractivity contribution in [2.24, 2.45) is 0 Å². The Balaban J connectivity index is 2.26. The second kappa shape index (κ2) is 5.86. The van der Waals surface area contributed by atoms with E-state index < -0.39 is 24.3 Å². The fraction of sp³-hybridized carbons (Fsp3) is 0.500. The minimum absolute atomic E-state index is 0.0359. The Hall–Kier alpha value is -1.66. The zero-order valence-electron chi connectivity index (χ0n) is 13.4. The number of Topliss-reactive ketones (excluding diaryl/α,β-unsaturated/α-hetero) is 1. The Morgan fingerprint density at radius 3 is 2.14 bits per heavy atom. The van der Waals surface area contributed by atoms with E-state index in [4.69, 9.17) is 14.4 Å². The number of aliphatic carboxylic acids is 1. The molecule has 0 atom stereocenters. The summed E-state index contributed by atoms with van der Waals surface area (Å²) in [6, 6.07) is 7.04. The van der Waals surface area contributed by atoms with Crippen molar-refractivity contribution in [3.63, 3.8) is 0 Å². The average Bonchev–Trinajstić information content (AvgIpc) is 2.64. The van der Waals surface area contributed by atoms with Crippen LogP contribution in [-0.4, -0.2) is 35.2 Å². The Kier molecular flexibility index (Phi) is 4.45. The molecule has 0 radical (unpaired) electrons. The standard InChI is InChI=1S/C16H21BO5/c1-15(2)16(3,4)22-17(21-15)12-8-6-5-7-11(12)13(18)9-10-14(19)20/h5-8H,9-10H2,1-4H3,(H,19,20). The van der Waals surface area contributed by atoms with Crippen LogP contribution in [-0.2, 0) is 14.1 Å². The highest BCUT2D eigenvalue weighted by molar-refractivity contribution is 6.63. The highest BCUT2D eigenvalue weighted by Crippen LogP contribution is 2.36. The Labute approximate surface area is 130 Å². The van der Waals surface area contributed by atoms with Crippen LogP contribution in [0.3, 0.4) is 0 Å². The molecule has 0 saturated carbocycles. The molecule has 0 aliphatic carbocycles. The van der Waals surface area contributed by atoms with Crippen molar-refractivity contribution < 1.29 is 24.0 Å². The SMILES string of the molecule is CC1(C)OB(c2ccccc2C(=O)CCC(=O)O)OC1(C)C. The van der Waals surface area contributed by atoms with Crippen molar-refractivity contribution in [1.29, 1.82) is 0 Å². The molecule has 1 aliphatic heterocycles. The monoisotopic (exact) mass is 304 g/mol. The normalized spacial score (nSPS) is 19.2. The molecule has 0 unspecified atom stereocenters. The van der Waals surface area contributed by atoms with Gasteiger partial charge in [0, 0.05) is 12.0 Å². The van der Waals surface area contributed by atoms with Gasteiger partial charge < -0.3 is 14.4 Å². The van der Waals surface area contributed by atoms with Gasteiger partial charge >= 0.3 is 13.1 Å². The van der Waals surface area contributed by atoms with E-state index in [9.17, 15) is 9.59 Å². The molecule has 5 nitrogen and oxygen atoms in total. The fourth-order valence-electron chi connectivity index (χ4n) is 2.28. The van der Waals surface area contributed by atoms with Gasteiger partial charge in [0.2, 0.25) is 0 Å². The lowest BCUT2D eigenvalue weighted by Crippen LogP contribution is -2.41. The van der Waals surface area contributed by atoms with Gasteiger partial charge in [0.25, 0.3) is 0 Å². The van der Waals surface area contributed by atoms with Crippen molar-refractivity contribution in [1.82, 2.24) is 0 Å². The van der Waals surface area contributed by atoms with Crippen LogP contribution in [0.5, 0.6) is 0 Å². The number of ketones is 1. The van der Waals surface area contributed by atoms with Crippen LogP contribution in [0.25, 0.3) is 0 Å². The number of carbonyl (C=O) groups is 2. The number of hydrogen-bond acceptors (Lipinski definition) is 4. The maximum atomic E-state index is 12.3. The molecule has 118 valence electrons. The molecule has 1 fully saturated rings. The van der Waals surface area contributed by atoms with Gasteiger partial charge in [-0.05, 0) is 33.2 Å². The second-order valence-corrected chi connectivity index (χ2v) is 6.49. The Morgan fingerprint density at radius 2 is 1.59 bits per heavy atom. The van der Waals surface area contributed by atoms with Gasteiger partial charge in [-0.2, -0.15) is 0 Å². The van der Waals surface area contributed by atoms with E-state index in [0.29, 0.717) is 11.0 Å². The van der Waals surface area contributed by atoms with Gasteiger partial charge in [-0.25, -0.2) is 0 Å². The quantitative estimate of drug-likeness (QED) is 0.665. The van der Waals surface area contributed by atoms with Gasteiger partial charge in [-0.15, -0.1) is 0 Å². The molecule has 0 amide bonds. The maximum absolute atomic E-state index is 12.3. The molecule has 0 bridgehead atoms. The predicted molar refractivity (Wildman–Crippen MR) is 83.4 cm³/mol. The lowest BCUT2D eigenvalue weighted by atomic mass is 9.74. The van der Waals surface area contributed by atoms with Crippen LogP contribution in [0, 0.1) is 0 Å². The first-order valence-corrected chi connectivity index (χ1v) is 7.33. The van der Waals surface area contributed by atoms with E-state index in [0.717, 1.165) is 0 Å². The average molecular weight is 304 g/mol. The van der Waals surface area contributed by atoms with Crippen molar-refractivity contribution >= 4 is 24.3 Å². The lowest BCUT2D eigenvalue weighted by molar-refractivity contribution is -0.136. The number of carbonyl (C=O) groups excluding carboxylic acids is 1. The van der Waals surface area contributed by atoms with Crippen LogP contribution >= 0.6 is 0 Å². The molecule has 22 heavy (non-hydrogen) atoms. The Bertz CT molecular complexity index is 578. The number of hydrogen-bond donors (Lipinski definition) is 1. The second-order valence-electron chi connectivity index (χ2n) is 6.49. The van der Waals surface area contributed by atoms with Crippen LogP contribution in [0.15, 0.2) is 24.3 Å². The molecule has 6 heteroatoms. The van der Waals surface area contributed by atoms with Crippen LogP contribution in [0.1, 0.15) is 50.9 Å². The first-order valence-electron chi connectivity index (χ1n) is 7.33. The molecule has 0 aromatic heterocycles. The number of benzene rings is 1. The summed E-state index contributed by atoms with van der Waals surface area (Å²) in [5.74, 6) is -1.20. The zero-order chi connectivity index (χ0) is 16.5. The molecular weight excluding hydrogens is 283 g/mol. The summed E-state index contributed by atoms with van der Waals surface area (Å²) in [4.78, 5) is 22.9. The Morgan fingerprint density at radius 1 is 1.05 bits per heavy atom. The van der Waals surface area contributed by atoms with E-state index in [1.165, 1.54) is 0 Å². The third kappa shape index (κ3) is 3.23. The molecule has 1 aromatic carbocycles. The number of carboxylic acids is 1. The minimum atomic E-state index is -0.985. The van der Waals surface area contributed by atoms with Crippen LogP contribution in [0.4, 0.5) is 0 Å². The summed E-state index contributed by atoms with van der Waals surface area (Å²) in [5, 5.41) is 8.73. The van der Waals surface area contributed by atoms with E-state index in [1.54, 1.807) is 18.2 Å². The third-order valence-corrected chi connectivity index (χ3v) is 4.33. The van der Waals surface area contributed by atoms with E-state index in [-0.39, 0.29) is 18.6 Å². The fourth-order valence-corrected chi connectivity index (χ4v) is 2.28. The molecule has 1 saturated heterocycles. The lowest BCUT2D eigenvalue weighted by Gasteiger charge is -2.32. The zero-order valence-corrected chi connectivity index (χ0v) is 13.4. The molecular formula is C16H21BO5. The van der Waals surface area contributed by atoms with E-state index in [2.05, 4.69) is 0 Å². The molecule has 1 aliphatic rings. The van der Waals surface area contributed by atoms with Gasteiger partial charge in [-0.1, -0.05) is 24.3 Å². The van der Waals surface area contributed by atoms with Crippen molar-refractivity contribution in [2.45, 2.75) is 51.7 Å². The van der Waals surface area contributed by atoms with Crippen molar-refractivity contribution in [3.05, 3.63) is 29.8 Å². The van der Waals surface area contributed by atoms with Crippen molar-refractivity contribution in [3.8, 4) is 0 Å². The first-order chi connectivity index (χ1) is 10.1. The van der Waals surface area contributed by atoms with Crippen LogP contribution in [0.2, 0.25) is 0 Å². The maximum Gasteiger partial charge on any atom is 0.495 e. The first kappa shape index (κ1) is 16.7. The molecule has 1 N–H and O–H groups in total. The number of carboxylic acid groups (broad SMARTS) is 1. The van der Waals surface area contributed by atoms with Crippen molar-refractivity contribution in [2.75, 3.05) is 0 Å². The van der Waals surface area contributed by atoms with E-state index >= 15 is 0 Å². The van der Waals surface area contributed by atoms with Gasteiger partial charge in [-0.3, -0.25) is 9.59 Å². The predicted octanol–water partition coefficient (Wildman–Crippen LogP) is 2.03. The van der Waals surface area contributed by atoms with Gasteiger partial charge in [0.05, 0.1) is 17.6 Å². The summed E-state index contributed by atoms with van der Waals surface area (Å²) in [6.45, 7) is 7.79. The van der Waals surface area contributed by atoms with E-state index in [1.807, 2.05) is 33.8 Å². The van der Waals surface area contributed by atoms with Gasteiger partial charge in [0.15, 0.2) is 5.78 Å². The highest BCUT2D eigenvalue weighted by Gasteiger charge is 2.52. The molecule has 0 spiro atoms. The third-order valence-electron chi connectivity index (χ3n) is 4.33.